The number of allylic oxidation sites excluding steroid dienone is 1. The second kappa shape index (κ2) is 11.1. The monoisotopic (exact) mass is 385 g/mol. The van der Waals surface area contributed by atoms with Crippen molar-refractivity contribution in [3.05, 3.63) is 53.1 Å². The number of amides is 1. The van der Waals surface area contributed by atoms with Crippen molar-refractivity contribution in [2.24, 2.45) is 0 Å². The number of rotatable bonds is 8. The molecule has 1 aliphatic rings. The maximum absolute atomic E-state index is 12.0. The highest BCUT2D eigenvalue weighted by Crippen LogP contribution is 2.19. The zero-order valence-electron chi connectivity index (χ0n) is 16.4. The second-order valence-corrected chi connectivity index (χ2v) is 6.68. The van der Waals surface area contributed by atoms with Crippen molar-refractivity contribution < 1.29 is 23.9 Å². The molecule has 6 nitrogen and oxygen atoms in total. The van der Waals surface area contributed by atoms with E-state index in [2.05, 4.69) is 16.1 Å². The number of carbonyl (C=O) groups is 3. The summed E-state index contributed by atoms with van der Waals surface area (Å²) in [5.41, 5.74) is 2.54. The summed E-state index contributed by atoms with van der Waals surface area (Å²) in [5.74, 6) is -1.33. The van der Waals surface area contributed by atoms with E-state index in [1.807, 2.05) is 0 Å². The highest BCUT2D eigenvalue weighted by Gasteiger charge is 2.16. The lowest BCUT2D eigenvalue weighted by Gasteiger charge is -2.15. The molecule has 28 heavy (non-hydrogen) atoms. The van der Waals surface area contributed by atoms with Crippen LogP contribution >= 0.6 is 0 Å². The Hall–Kier alpha value is -2.89. The fraction of sp³-hybridized carbons (Fsp3) is 0.409. The van der Waals surface area contributed by atoms with Crippen LogP contribution in [0.3, 0.4) is 0 Å². The van der Waals surface area contributed by atoms with Crippen LogP contribution in [0.15, 0.2) is 42.0 Å². The van der Waals surface area contributed by atoms with Crippen LogP contribution in [0.1, 0.15) is 54.9 Å². The first-order valence-electron chi connectivity index (χ1n) is 9.52. The average Bonchev–Trinajstić information content (AvgIpc) is 2.72. The number of nitrogens with one attached hydrogen (secondary N) is 1. The van der Waals surface area contributed by atoms with Crippen LogP contribution in [0, 0.1) is 0 Å². The van der Waals surface area contributed by atoms with Crippen LogP contribution in [0.2, 0.25) is 0 Å². The first-order valence-corrected chi connectivity index (χ1v) is 9.52. The number of carbonyl (C=O) groups excluding carboxylic acids is 3. The van der Waals surface area contributed by atoms with Crippen LogP contribution in [0.25, 0.3) is 6.08 Å². The van der Waals surface area contributed by atoms with Gasteiger partial charge < -0.3 is 14.8 Å². The van der Waals surface area contributed by atoms with Crippen LogP contribution in [0.4, 0.5) is 0 Å². The quantitative estimate of drug-likeness (QED) is 0.421. The highest BCUT2D eigenvalue weighted by atomic mass is 16.5. The lowest BCUT2D eigenvalue weighted by atomic mass is 9.97. The molecule has 2 rings (SSSR count). The number of benzene rings is 1. The van der Waals surface area contributed by atoms with Gasteiger partial charge in [-0.15, -0.1) is 0 Å². The molecule has 6 heteroatoms. The largest absolute Gasteiger partial charge is 0.465 e. The van der Waals surface area contributed by atoms with Gasteiger partial charge in [0.05, 0.1) is 12.7 Å². The van der Waals surface area contributed by atoms with Gasteiger partial charge in [-0.1, -0.05) is 23.8 Å². The van der Waals surface area contributed by atoms with E-state index in [1.54, 1.807) is 37.3 Å². The van der Waals surface area contributed by atoms with Crippen molar-refractivity contribution in [1.29, 1.82) is 0 Å². The summed E-state index contributed by atoms with van der Waals surface area (Å²) >= 11 is 0. The summed E-state index contributed by atoms with van der Waals surface area (Å²) in [4.78, 5) is 35.3. The number of hydrogen-bond acceptors (Lipinski definition) is 5. The number of ether oxygens (including phenoxy) is 2. The topological polar surface area (TPSA) is 81.7 Å². The van der Waals surface area contributed by atoms with E-state index in [0.717, 1.165) is 24.8 Å². The minimum absolute atomic E-state index is 0.305. The zero-order chi connectivity index (χ0) is 20.4. The van der Waals surface area contributed by atoms with E-state index >= 15 is 0 Å². The molecule has 0 spiro atoms. The van der Waals surface area contributed by atoms with E-state index in [0.29, 0.717) is 12.1 Å². The van der Waals surface area contributed by atoms with Crippen LogP contribution in [0.5, 0.6) is 0 Å². The van der Waals surface area contributed by atoms with E-state index in [-0.39, 0.29) is 5.91 Å². The van der Waals surface area contributed by atoms with E-state index in [9.17, 15) is 14.4 Å². The van der Waals surface area contributed by atoms with Gasteiger partial charge in [0.25, 0.3) is 5.91 Å². The molecule has 1 aliphatic carbocycles. The van der Waals surface area contributed by atoms with Crippen molar-refractivity contribution in [3.8, 4) is 0 Å². The molecule has 1 aromatic carbocycles. The third-order valence-corrected chi connectivity index (χ3v) is 4.54. The molecule has 0 bridgehead atoms. The molecule has 0 heterocycles. The second-order valence-electron chi connectivity index (χ2n) is 6.68. The molecule has 0 aliphatic heterocycles. The molecular weight excluding hydrogens is 358 g/mol. The van der Waals surface area contributed by atoms with Crippen molar-refractivity contribution in [2.45, 2.75) is 45.1 Å². The molecule has 0 saturated carbocycles. The fourth-order valence-corrected chi connectivity index (χ4v) is 2.90. The van der Waals surface area contributed by atoms with Crippen LogP contribution in [-0.4, -0.2) is 37.6 Å². The van der Waals surface area contributed by atoms with Gasteiger partial charge in [0.2, 0.25) is 0 Å². The fourth-order valence-electron chi connectivity index (χ4n) is 2.90. The Morgan fingerprint density at radius 3 is 2.57 bits per heavy atom. The van der Waals surface area contributed by atoms with Crippen molar-refractivity contribution in [2.75, 3.05) is 13.7 Å². The maximum Gasteiger partial charge on any atom is 0.337 e. The van der Waals surface area contributed by atoms with Gasteiger partial charge in [-0.3, -0.25) is 4.79 Å². The minimum Gasteiger partial charge on any atom is -0.465 e. The van der Waals surface area contributed by atoms with Crippen molar-refractivity contribution in [3.63, 3.8) is 0 Å². The summed E-state index contributed by atoms with van der Waals surface area (Å²) in [6, 6.07) is 6.58. The molecule has 1 unspecified atom stereocenters. The molecule has 0 aromatic heterocycles. The summed E-state index contributed by atoms with van der Waals surface area (Å²) in [6.07, 6.45) is 9.72. The first kappa shape index (κ1) is 21.4. The predicted molar refractivity (Wildman–Crippen MR) is 107 cm³/mol. The Bertz CT molecular complexity index is 749. The molecule has 1 aromatic rings. The minimum atomic E-state index is -0.862. The van der Waals surface area contributed by atoms with Gasteiger partial charge in [0.1, 0.15) is 0 Å². The van der Waals surface area contributed by atoms with Crippen molar-refractivity contribution >= 4 is 23.9 Å². The normalized spacial score (nSPS) is 14.9. The lowest BCUT2D eigenvalue weighted by Crippen LogP contribution is -2.36. The molecule has 150 valence electrons. The Morgan fingerprint density at radius 1 is 1.18 bits per heavy atom. The zero-order valence-corrected chi connectivity index (χ0v) is 16.4. The van der Waals surface area contributed by atoms with Gasteiger partial charge >= 0.3 is 11.9 Å². The lowest BCUT2D eigenvalue weighted by molar-refractivity contribution is -0.150. The Balaban J connectivity index is 1.74. The Morgan fingerprint density at radius 2 is 1.93 bits per heavy atom. The molecule has 0 saturated heterocycles. The van der Waals surface area contributed by atoms with Gasteiger partial charge in [-0.2, -0.15) is 0 Å². The molecule has 1 atom stereocenters. The van der Waals surface area contributed by atoms with Gasteiger partial charge in [0.15, 0.2) is 6.10 Å². The summed E-state index contributed by atoms with van der Waals surface area (Å²) in [6.45, 7) is 2.10. The van der Waals surface area contributed by atoms with Crippen LogP contribution < -0.4 is 5.32 Å². The van der Waals surface area contributed by atoms with E-state index in [1.165, 1.54) is 31.6 Å². The standard InChI is InChI=1S/C22H27NO5/c1-16(21(25)23-15-14-17-6-4-3-5-7-17)28-20(24)13-10-18-8-11-19(12-9-18)22(26)27-2/h6,8-13,16H,3-5,7,14-15H2,1-2H3,(H,23,25)/b13-10+. The maximum atomic E-state index is 12.0. The molecule has 0 radical (unpaired) electrons. The third kappa shape index (κ3) is 7.02. The SMILES string of the molecule is COC(=O)c1ccc(/C=C/C(=O)OC(C)C(=O)NCCC2=CCCCC2)cc1. The number of esters is 2. The van der Waals surface area contributed by atoms with Crippen molar-refractivity contribution in [1.82, 2.24) is 5.32 Å². The summed E-state index contributed by atoms with van der Waals surface area (Å²) < 4.78 is 9.76. The first-order chi connectivity index (χ1) is 13.5. The summed E-state index contributed by atoms with van der Waals surface area (Å²) in [7, 11) is 1.32. The number of hydrogen-bond donors (Lipinski definition) is 1. The van der Waals surface area contributed by atoms with E-state index < -0.39 is 18.0 Å². The summed E-state index contributed by atoms with van der Waals surface area (Å²) in [5, 5.41) is 2.81. The molecule has 1 N–H and O–H groups in total. The smallest absolute Gasteiger partial charge is 0.337 e. The number of methoxy groups -OCH3 is 1. The molecular formula is C22H27NO5. The molecule has 0 fully saturated rings. The van der Waals surface area contributed by atoms with Gasteiger partial charge in [-0.05, 0) is 62.8 Å². The van der Waals surface area contributed by atoms with Gasteiger partial charge in [0, 0.05) is 12.6 Å². The van der Waals surface area contributed by atoms with E-state index in [4.69, 9.17) is 4.74 Å². The van der Waals surface area contributed by atoms with Gasteiger partial charge in [-0.25, -0.2) is 9.59 Å². The predicted octanol–water partition coefficient (Wildman–Crippen LogP) is 3.42. The van der Waals surface area contributed by atoms with Crippen LogP contribution in [-0.2, 0) is 19.1 Å². The average molecular weight is 385 g/mol. The molecule has 1 amide bonds. The highest BCUT2D eigenvalue weighted by molar-refractivity contribution is 5.91. The Labute approximate surface area is 165 Å². The Kier molecular flexibility index (Phi) is 8.46. The third-order valence-electron chi connectivity index (χ3n) is 4.54.